The molecule has 0 aliphatic rings. The Hall–Kier alpha value is -0.120. The molecule has 3 heteroatoms. The fraction of sp³-hybridized carbons (Fsp3) is 1.00. The molecule has 0 bridgehead atoms. The van der Waals surface area contributed by atoms with Crippen molar-refractivity contribution < 1.29 is 0 Å². The summed E-state index contributed by atoms with van der Waals surface area (Å²) in [5.41, 5.74) is 5.75. The van der Waals surface area contributed by atoms with Crippen LogP contribution in [0.5, 0.6) is 0 Å². The van der Waals surface area contributed by atoms with Crippen LogP contribution in [0, 0.1) is 0 Å². The zero-order valence-electron chi connectivity index (χ0n) is 25.0. The van der Waals surface area contributed by atoms with Gasteiger partial charge in [0.25, 0.3) is 0 Å². The van der Waals surface area contributed by atoms with E-state index in [1.807, 2.05) is 0 Å². The van der Waals surface area contributed by atoms with Crippen molar-refractivity contribution in [2.24, 2.45) is 5.73 Å². The van der Waals surface area contributed by atoms with E-state index in [9.17, 15) is 0 Å². The van der Waals surface area contributed by atoms with Crippen molar-refractivity contribution in [2.45, 2.75) is 162 Å². The molecule has 0 aliphatic carbocycles. The van der Waals surface area contributed by atoms with Gasteiger partial charge < -0.3 is 15.5 Å². The maximum Gasteiger partial charge on any atom is -0.000654 e. The van der Waals surface area contributed by atoms with E-state index in [0.717, 1.165) is 13.0 Å². The van der Waals surface area contributed by atoms with Gasteiger partial charge in [0.1, 0.15) is 0 Å². The SMILES string of the molecule is CCCCCCCCCCCCCCCCCCN(CCCC)CCCN(CCCC)CCCN. The van der Waals surface area contributed by atoms with Crippen LogP contribution < -0.4 is 5.73 Å². The molecule has 35 heavy (non-hydrogen) atoms. The van der Waals surface area contributed by atoms with Crippen LogP contribution in [0.15, 0.2) is 0 Å². The highest BCUT2D eigenvalue weighted by atomic mass is 15.1. The van der Waals surface area contributed by atoms with Crippen LogP contribution in [-0.2, 0) is 0 Å². The molecular formula is C32H69N3. The molecule has 2 N–H and O–H groups in total. The van der Waals surface area contributed by atoms with E-state index in [1.54, 1.807) is 0 Å². The van der Waals surface area contributed by atoms with Gasteiger partial charge in [0.2, 0.25) is 0 Å². The first-order valence-electron chi connectivity index (χ1n) is 16.4. The van der Waals surface area contributed by atoms with Gasteiger partial charge in [0.15, 0.2) is 0 Å². The highest BCUT2D eigenvalue weighted by Gasteiger charge is 2.08. The first kappa shape index (κ1) is 34.9. The highest BCUT2D eigenvalue weighted by Crippen LogP contribution is 2.14. The van der Waals surface area contributed by atoms with Gasteiger partial charge in [-0.3, -0.25) is 0 Å². The Morgan fingerprint density at radius 3 is 0.971 bits per heavy atom. The minimum Gasteiger partial charge on any atom is -0.330 e. The lowest BCUT2D eigenvalue weighted by atomic mass is 10.0. The number of hydrogen-bond acceptors (Lipinski definition) is 3. The van der Waals surface area contributed by atoms with Gasteiger partial charge in [-0.2, -0.15) is 0 Å². The molecule has 0 radical (unpaired) electrons. The van der Waals surface area contributed by atoms with E-state index in [0.29, 0.717) is 0 Å². The summed E-state index contributed by atoms with van der Waals surface area (Å²) in [6.45, 7) is 15.3. The lowest BCUT2D eigenvalue weighted by Gasteiger charge is -2.26. The summed E-state index contributed by atoms with van der Waals surface area (Å²) in [4.78, 5) is 5.41. The highest BCUT2D eigenvalue weighted by molar-refractivity contribution is 4.64. The molecule has 0 amide bonds. The third kappa shape index (κ3) is 26.7. The zero-order chi connectivity index (χ0) is 25.7. The van der Waals surface area contributed by atoms with Crippen molar-refractivity contribution in [1.82, 2.24) is 9.80 Å². The Bertz CT molecular complexity index is 366. The molecule has 3 nitrogen and oxygen atoms in total. The lowest BCUT2D eigenvalue weighted by Crippen LogP contribution is -2.33. The Labute approximate surface area is 223 Å². The summed E-state index contributed by atoms with van der Waals surface area (Å²) in [5, 5.41) is 0. The Morgan fingerprint density at radius 2 is 0.600 bits per heavy atom. The van der Waals surface area contributed by atoms with Crippen LogP contribution in [0.25, 0.3) is 0 Å². The van der Waals surface area contributed by atoms with E-state index in [2.05, 4.69) is 30.6 Å². The maximum atomic E-state index is 5.75. The molecule has 0 unspecified atom stereocenters. The largest absolute Gasteiger partial charge is 0.330 e. The van der Waals surface area contributed by atoms with Gasteiger partial charge in [-0.05, 0) is 77.9 Å². The smallest absolute Gasteiger partial charge is 0.000654 e. The maximum absolute atomic E-state index is 5.75. The monoisotopic (exact) mass is 496 g/mol. The second-order valence-corrected chi connectivity index (χ2v) is 11.2. The Balaban J connectivity index is 3.69. The average molecular weight is 496 g/mol. The number of rotatable bonds is 30. The van der Waals surface area contributed by atoms with E-state index < -0.39 is 0 Å². The van der Waals surface area contributed by atoms with Crippen molar-refractivity contribution >= 4 is 0 Å². The van der Waals surface area contributed by atoms with Gasteiger partial charge in [-0.15, -0.1) is 0 Å². The van der Waals surface area contributed by atoms with Crippen LogP contribution in [0.2, 0.25) is 0 Å². The molecule has 0 rings (SSSR count). The minimum atomic E-state index is 0.824. The molecular weight excluding hydrogens is 426 g/mol. The minimum absolute atomic E-state index is 0.824. The fourth-order valence-corrected chi connectivity index (χ4v) is 5.15. The van der Waals surface area contributed by atoms with Gasteiger partial charge in [0, 0.05) is 0 Å². The summed E-state index contributed by atoms with van der Waals surface area (Å²) in [7, 11) is 0. The Morgan fingerprint density at radius 1 is 0.314 bits per heavy atom. The summed E-state index contributed by atoms with van der Waals surface area (Å²) < 4.78 is 0. The fourth-order valence-electron chi connectivity index (χ4n) is 5.15. The van der Waals surface area contributed by atoms with Crippen molar-refractivity contribution in [3.8, 4) is 0 Å². The van der Waals surface area contributed by atoms with E-state index >= 15 is 0 Å². The molecule has 0 atom stereocenters. The molecule has 0 aromatic carbocycles. The quantitative estimate of drug-likeness (QED) is 0.101. The molecule has 0 fully saturated rings. The third-order valence-corrected chi connectivity index (χ3v) is 7.61. The predicted octanol–water partition coefficient (Wildman–Crippen LogP) is 9.19. The topological polar surface area (TPSA) is 32.5 Å². The molecule has 212 valence electrons. The first-order valence-corrected chi connectivity index (χ1v) is 16.4. The van der Waals surface area contributed by atoms with E-state index in [-0.39, 0.29) is 0 Å². The second kappa shape index (κ2) is 30.1. The van der Waals surface area contributed by atoms with Crippen molar-refractivity contribution in [2.75, 3.05) is 45.8 Å². The first-order chi connectivity index (χ1) is 17.3. The van der Waals surface area contributed by atoms with Gasteiger partial charge in [-0.1, -0.05) is 130 Å². The van der Waals surface area contributed by atoms with Gasteiger partial charge in [-0.25, -0.2) is 0 Å². The normalized spacial score (nSPS) is 11.8. The van der Waals surface area contributed by atoms with Crippen LogP contribution in [0.3, 0.4) is 0 Å². The van der Waals surface area contributed by atoms with E-state index in [1.165, 1.54) is 174 Å². The second-order valence-electron chi connectivity index (χ2n) is 11.2. The molecule has 0 aliphatic heterocycles. The number of hydrogen-bond donors (Lipinski definition) is 1. The summed E-state index contributed by atoms with van der Waals surface area (Å²) >= 11 is 0. The molecule has 0 saturated carbocycles. The van der Waals surface area contributed by atoms with E-state index in [4.69, 9.17) is 5.73 Å². The van der Waals surface area contributed by atoms with Crippen LogP contribution >= 0.6 is 0 Å². The average Bonchev–Trinajstić information content (AvgIpc) is 2.87. The number of nitrogens with two attached hydrogens (primary N) is 1. The van der Waals surface area contributed by atoms with Crippen molar-refractivity contribution in [3.63, 3.8) is 0 Å². The van der Waals surface area contributed by atoms with Crippen LogP contribution in [-0.4, -0.2) is 55.6 Å². The Kier molecular flexibility index (Phi) is 30.0. The molecule has 0 saturated heterocycles. The van der Waals surface area contributed by atoms with Gasteiger partial charge >= 0.3 is 0 Å². The number of unbranched alkanes of at least 4 members (excludes halogenated alkanes) is 17. The summed E-state index contributed by atoms with van der Waals surface area (Å²) in [6.07, 6.45) is 31.0. The molecule has 0 spiro atoms. The van der Waals surface area contributed by atoms with Crippen molar-refractivity contribution in [1.29, 1.82) is 0 Å². The molecule has 0 aromatic heterocycles. The molecule has 0 aromatic rings. The van der Waals surface area contributed by atoms with Gasteiger partial charge in [0.05, 0.1) is 0 Å². The summed E-state index contributed by atoms with van der Waals surface area (Å²) in [6, 6.07) is 0. The standard InChI is InChI=1S/C32H69N3/c1-4-7-10-11-12-13-14-15-16-17-18-19-20-21-22-23-29-34(27-8-5-2)31-25-32-35(28-9-6-3)30-24-26-33/h4-33H2,1-3H3. The predicted molar refractivity (Wildman–Crippen MR) is 161 cm³/mol. The third-order valence-electron chi connectivity index (χ3n) is 7.61. The van der Waals surface area contributed by atoms with Crippen LogP contribution in [0.4, 0.5) is 0 Å². The zero-order valence-corrected chi connectivity index (χ0v) is 25.0. The lowest BCUT2D eigenvalue weighted by molar-refractivity contribution is 0.219. The van der Waals surface area contributed by atoms with Crippen molar-refractivity contribution in [3.05, 3.63) is 0 Å². The van der Waals surface area contributed by atoms with Crippen LogP contribution in [0.1, 0.15) is 162 Å². The summed E-state index contributed by atoms with van der Waals surface area (Å²) in [5.74, 6) is 0. The molecule has 0 heterocycles. The number of nitrogens with zero attached hydrogens (tertiary/aromatic N) is 2.